The van der Waals surface area contributed by atoms with E-state index >= 15 is 0 Å². The molecule has 3 N–H and O–H groups in total. The van der Waals surface area contributed by atoms with Crippen molar-refractivity contribution < 1.29 is 4.74 Å². The zero-order chi connectivity index (χ0) is 9.60. The van der Waals surface area contributed by atoms with E-state index in [1.165, 1.54) is 11.9 Å². The maximum absolute atomic E-state index is 5.70. The van der Waals surface area contributed by atoms with E-state index in [1.54, 1.807) is 6.20 Å². The van der Waals surface area contributed by atoms with Gasteiger partial charge in [0.1, 0.15) is 4.90 Å². The van der Waals surface area contributed by atoms with Crippen LogP contribution in [-0.4, -0.2) is 29.5 Å². The molecule has 1 spiro atoms. The normalized spacial score (nSPS) is 22.6. The van der Waals surface area contributed by atoms with E-state index in [4.69, 9.17) is 9.88 Å². The zero-order valence-corrected chi connectivity index (χ0v) is 8.51. The third kappa shape index (κ3) is 1.08. The largest absolute Gasteiger partial charge is 0.476 e. The minimum absolute atomic E-state index is 0.273. The van der Waals surface area contributed by atoms with Crippen LogP contribution in [0.15, 0.2) is 11.1 Å². The summed E-state index contributed by atoms with van der Waals surface area (Å²) in [5.41, 5.74) is 0.273. The lowest BCUT2D eigenvalue weighted by Gasteiger charge is -2.44. The van der Waals surface area contributed by atoms with Crippen molar-refractivity contribution in [1.29, 1.82) is 0 Å². The van der Waals surface area contributed by atoms with Crippen molar-refractivity contribution >= 4 is 11.9 Å². The molecule has 0 bridgehead atoms. The van der Waals surface area contributed by atoms with Gasteiger partial charge in [-0.05, 0) is 11.9 Å². The van der Waals surface area contributed by atoms with Gasteiger partial charge < -0.3 is 10.1 Å². The standard InChI is InChI=1S/C8H12N4OS/c9-14-6-1-11-12-4-8(2-10-3-8)5-13-7(6)12/h1,10H,2-5,9H2. The Bertz CT molecular complexity index is 360. The summed E-state index contributed by atoms with van der Waals surface area (Å²) in [5, 5.41) is 13.0. The Hall–Kier alpha value is -0.720. The van der Waals surface area contributed by atoms with Crippen LogP contribution in [0.1, 0.15) is 0 Å². The molecular formula is C8H12N4OS. The minimum atomic E-state index is 0.273. The Morgan fingerprint density at radius 3 is 3.14 bits per heavy atom. The molecule has 0 aromatic carbocycles. The van der Waals surface area contributed by atoms with E-state index in [0.717, 1.165) is 37.0 Å². The number of fused-ring (bicyclic) bond motifs is 1. The van der Waals surface area contributed by atoms with Crippen molar-refractivity contribution in [1.82, 2.24) is 15.1 Å². The van der Waals surface area contributed by atoms with Crippen LogP contribution in [0.5, 0.6) is 5.88 Å². The van der Waals surface area contributed by atoms with Crippen LogP contribution < -0.4 is 15.2 Å². The van der Waals surface area contributed by atoms with E-state index in [1.807, 2.05) is 4.68 Å². The molecule has 1 aromatic heterocycles. The third-order valence-corrected chi connectivity index (χ3v) is 3.42. The number of nitrogens with one attached hydrogen (secondary N) is 1. The first-order valence-electron chi connectivity index (χ1n) is 4.59. The van der Waals surface area contributed by atoms with Gasteiger partial charge in [0, 0.05) is 18.5 Å². The first-order chi connectivity index (χ1) is 6.83. The van der Waals surface area contributed by atoms with Gasteiger partial charge >= 0.3 is 0 Å². The number of hydrogen-bond acceptors (Lipinski definition) is 5. The molecule has 3 heterocycles. The first-order valence-corrected chi connectivity index (χ1v) is 5.47. The zero-order valence-electron chi connectivity index (χ0n) is 7.69. The Morgan fingerprint density at radius 1 is 1.64 bits per heavy atom. The van der Waals surface area contributed by atoms with Crippen LogP contribution in [0, 0.1) is 5.41 Å². The van der Waals surface area contributed by atoms with Gasteiger partial charge in [-0.15, -0.1) is 0 Å². The summed E-state index contributed by atoms with van der Waals surface area (Å²) in [4.78, 5) is 0.923. The van der Waals surface area contributed by atoms with Gasteiger partial charge in [0.15, 0.2) is 0 Å². The molecule has 0 atom stereocenters. The lowest BCUT2D eigenvalue weighted by molar-refractivity contribution is 0.0214. The Morgan fingerprint density at radius 2 is 2.50 bits per heavy atom. The molecule has 0 unspecified atom stereocenters. The van der Waals surface area contributed by atoms with Crippen molar-refractivity contribution in [3.8, 4) is 5.88 Å². The Kier molecular flexibility index (Phi) is 1.77. The number of rotatable bonds is 1. The lowest BCUT2D eigenvalue weighted by Crippen LogP contribution is -2.60. The Balaban J connectivity index is 1.91. The predicted molar refractivity (Wildman–Crippen MR) is 53.1 cm³/mol. The van der Waals surface area contributed by atoms with Crippen LogP contribution in [0.4, 0.5) is 0 Å². The van der Waals surface area contributed by atoms with Crippen molar-refractivity contribution in [3.63, 3.8) is 0 Å². The second kappa shape index (κ2) is 2.88. The highest BCUT2D eigenvalue weighted by Crippen LogP contribution is 2.36. The van der Waals surface area contributed by atoms with Gasteiger partial charge in [0.2, 0.25) is 5.88 Å². The molecule has 3 rings (SSSR count). The average molecular weight is 212 g/mol. The van der Waals surface area contributed by atoms with Crippen molar-refractivity contribution in [2.45, 2.75) is 11.4 Å². The molecule has 14 heavy (non-hydrogen) atoms. The summed E-state index contributed by atoms with van der Waals surface area (Å²) >= 11 is 1.19. The summed E-state index contributed by atoms with van der Waals surface area (Å²) < 4.78 is 7.62. The maximum atomic E-state index is 5.70. The molecule has 5 nitrogen and oxygen atoms in total. The molecule has 1 aromatic rings. The van der Waals surface area contributed by atoms with E-state index in [2.05, 4.69) is 10.4 Å². The number of nitrogens with two attached hydrogens (primary N) is 1. The molecule has 2 aliphatic rings. The third-order valence-electron chi connectivity index (χ3n) is 2.89. The van der Waals surface area contributed by atoms with Crippen LogP contribution in [-0.2, 0) is 6.54 Å². The summed E-state index contributed by atoms with van der Waals surface area (Å²) in [6.45, 7) is 3.77. The van der Waals surface area contributed by atoms with E-state index in [0.29, 0.717) is 0 Å². The van der Waals surface area contributed by atoms with Gasteiger partial charge in [-0.2, -0.15) is 5.10 Å². The van der Waals surface area contributed by atoms with Gasteiger partial charge in [-0.3, -0.25) is 5.14 Å². The highest BCUT2D eigenvalue weighted by molar-refractivity contribution is 7.97. The molecule has 1 fully saturated rings. The molecular weight excluding hydrogens is 200 g/mol. The fraction of sp³-hybridized carbons (Fsp3) is 0.625. The van der Waals surface area contributed by atoms with E-state index in [-0.39, 0.29) is 5.41 Å². The molecule has 0 aliphatic carbocycles. The fourth-order valence-corrected chi connectivity index (χ4v) is 2.35. The molecule has 0 amide bonds. The van der Waals surface area contributed by atoms with E-state index in [9.17, 15) is 0 Å². The number of aromatic nitrogens is 2. The monoisotopic (exact) mass is 212 g/mol. The van der Waals surface area contributed by atoms with Crippen LogP contribution in [0.2, 0.25) is 0 Å². The number of nitrogens with zero attached hydrogens (tertiary/aromatic N) is 2. The van der Waals surface area contributed by atoms with Crippen LogP contribution >= 0.6 is 11.9 Å². The van der Waals surface area contributed by atoms with Crippen molar-refractivity contribution in [3.05, 3.63) is 6.20 Å². The van der Waals surface area contributed by atoms with Crippen LogP contribution in [0.25, 0.3) is 0 Å². The first kappa shape index (κ1) is 8.58. The van der Waals surface area contributed by atoms with E-state index < -0.39 is 0 Å². The van der Waals surface area contributed by atoms with Gasteiger partial charge in [-0.25, -0.2) is 4.68 Å². The molecule has 2 aliphatic heterocycles. The molecule has 6 heteroatoms. The van der Waals surface area contributed by atoms with Crippen molar-refractivity contribution in [2.24, 2.45) is 10.6 Å². The molecule has 76 valence electrons. The smallest absolute Gasteiger partial charge is 0.227 e. The fourth-order valence-electron chi connectivity index (χ4n) is 1.97. The van der Waals surface area contributed by atoms with Crippen molar-refractivity contribution in [2.75, 3.05) is 19.7 Å². The highest BCUT2D eigenvalue weighted by atomic mass is 32.2. The van der Waals surface area contributed by atoms with Gasteiger partial charge in [-0.1, -0.05) is 0 Å². The average Bonchev–Trinajstić information content (AvgIpc) is 2.56. The van der Waals surface area contributed by atoms with Gasteiger partial charge in [0.25, 0.3) is 0 Å². The molecule has 0 radical (unpaired) electrons. The van der Waals surface area contributed by atoms with Crippen LogP contribution in [0.3, 0.4) is 0 Å². The molecule has 0 saturated carbocycles. The Labute approximate surface area is 86.1 Å². The second-order valence-electron chi connectivity index (χ2n) is 3.98. The SMILES string of the molecule is NSc1cnn2c1OCC1(CNC1)C2. The quantitative estimate of drug-likeness (QED) is 0.633. The molecule has 1 saturated heterocycles. The summed E-state index contributed by atoms with van der Waals surface area (Å²) in [5.74, 6) is 0.829. The summed E-state index contributed by atoms with van der Waals surface area (Å²) in [7, 11) is 0. The summed E-state index contributed by atoms with van der Waals surface area (Å²) in [6, 6.07) is 0. The predicted octanol–water partition coefficient (Wildman–Crippen LogP) is -0.169. The maximum Gasteiger partial charge on any atom is 0.227 e. The minimum Gasteiger partial charge on any atom is -0.476 e. The van der Waals surface area contributed by atoms with Gasteiger partial charge in [0.05, 0.1) is 19.3 Å². The number of ether oxygens (including phenoxy) is 1. The number of hydrogen-bond donors (Lipinski definition) is 2. The summed E-state index contributed by atoms with van der Waals surface area (Å²) in [6.07, 6.45) is 1.77. The topological polar surface area (TPSA) is 65.1 Å². The second-order valence-corrected chi connectivity index (χ2v) is 4.66. The highest BCUT2D eigenvalue weighted by Gasteiger charge is 2.42. The lowest BCUT2D eigenvalue weighted by atomic mass is 9.82.